The fourth-order valence-electron chi connectivity index (χ4n) is 6.77. The number of phenolic OH excluding ortho intramolecular Hbond substituents is 1. The number of carboxylic acid groups (broad SMARTS) is 3. The van der Waals surface area contributed by atoms with E-state index in [1.54, 1.807) is 13.8 Å². The average Bonchev–Trinajstić information content (AvgIpc) is 3.33. The highest BCUT2D eigenvalue weighted by Crippen LogP contribution is 2.13. The molecule has 11 atom stereocenters. The first-order valence-electron chi connectivity index (χ1n) is 24.4. The molecule has 0 aliphatic heterocycles. The normalized spacial score (nSPS) is 15.1. The van der Waals surface area contributed by atoms with Gasteiger partial charge in [-0.1, -0.05) is 26.0 Å². The van der Waals surface area contributed by atoms with Gasteiger partial charge in [0, 0.05) is 12.8 Å². The number of aromatic hydroxyl groups is 1. The Bertz CT molecular complexity index is 2440. The van der Waals surface area contributed by atoms with Crippen LogP contribution in [0.5, 0.6) is 5.75 Å². The van der Waals surface area contributed by atoms with Crippen LogP contribution in [-0.2, 0) is 78.3 Å². The second kappa shape index (κ2) is 32.6. The van der Waals surface area contributed by atoms with E-state index >= 15 is 0 Å². The topological polar surface area (TPSA) is 535 Å². The van der Waals surface area contributed by atoms with Gasteiger partial charge in [0.15, 0.2) is 0 Å². The van der Waals surface area contributed by atoms with Crippen LogP contribution in [0, 0.1) is 5.92 Å². The number of carbonyl (C=O) groups excluding carboxylic acids is 12. The maximum absolute atomic E-state index is 14.0. The Labute approximate surface area is 452 Å². The largest absolute Gasteiger partial charge is 0.508 e. The number of nitrogens with two attached hydrogens (primary N) is 3. The summed E-state index contributed by atoms with van der Waals surface area (Å²) >= 11 is 0. The molecule has 1 rings (SSSR count). The number of primary amides is 2. The number of hydrogen-bond donors (Lipinski definition) is 17. The maximum atomic E-state index is 14.0. The molecule has 0 aliphatic rings. The summed E-state index contributed by atoms with van der Waals surface area (Å²) in [5.74, 6) is -18.5. The van der Waals surface area contributed by atoms with Gasteiger partial charge in [0.1, 0.15) is 66.2 Å². The van der Waals surface area contributed by atoms with Gasteiger partial charge in [-0.2, -0.15) is 0 Å². The van der Waals surface area contributed by atoms with Crippen LogP contribution in [-0.4, -0.2) is 176 Å². The Hall–Kier alpha value is -8.97. The van der Waals surface area contributed by atoms with Crippen LogP contribution in [0.15, 0.2) is 24.3 Å². The number of nitrogens with one attached hydrogen (secondary N) is 10. The summed E-state index contributed by atoms with van der Waals surface area (Å²) in [6.45, 7) is 9.62. The molecule has 0 radical (unpaired) electrons. The van der Waals surface area contributed by atoms with E-state index in [1.807, 2.05) is 5.32 Å². The van der Waals surface area contributed by atoms with E-state index in [2.05, 4.69) is 47.9 Å². The van der Waals surface area contributed by atoms with Crippen LogP contribution in [0.2, 0.25) is 0 Å². The summed E-state index contributed by atoms with van der Waals surface area (Å²) < 4.78 is 0. The van der Waals surface area contributed by atoms with Crippen LogP contribution in [0.25, 0.3) is 0 Å². The number of rotatable bonds is 34. The minimum Gasteiger partial charge on any atom is -0.508 e. The van der Waals surface area contributed by atoms with Crippen molar-refractivity contribution in [1.29, 1.82) is 0 Å². The Kier molecular flexibility index (Phi) is 28.1. The van der Waals surface area contributed by atoms with Gasteiger partial charge in [-0.3, -0.25) is 71.9 Å². The zero-order valence-corrected chi connectivity index (χ0v) is 44.3. The van der Waals surface area contributed by atoms with Crippen LogP contribution in [0.1, 0.15) is 92.6 Å². The van der Waals surface area contributed by atoms with E-state index in [9.17, 15) is 87.2 Å². The summed E-state index contributed by atoms with van der Waals surface area (Å²) in [7, 11) is 0. The highest BCUT2D eigenvalue weighted by molar-refractivity contribution is 6.01. The maximum Gasteiger partial charge on any atom is 0.325 e. The molecule has 0 aliphatic carbocycles. The zero-order valence-electron chi connectivity index (χ0n) is 44.3. The third-order valence-corrected chi connectivity index (χ3v) is 11.1. The van der Waals surface area contributed by atoms with Gasteiger partial charge in [-0.25, -0.2) is 0 Å². The van der Waals surface area contributed by atoms with E-state index in [0.29, 0.717) is 5.56 Å². The number of hydrogen-bond acceptors (Lipinski definition) is 17. The molecule has 1 aromatic carbocycles. The summed E-state index contributed by atoms with van der Waals surface area (Å²) in [6, 6.07) is -12.3. The third-order valence-electron chi connectivity index (χ3n) is 11.1. The molecule has 32 heteroatoms. The van der Waals surface area contributed by atoms with Gasteiger partial charge in [0.2, 0.25) is 70.9 Å². The number of carbonyl (C=O) groups is 15. The minimum absolute atomic E-state index is 0.0178. The van der Waals surface area contributed by atoms with Gasteiger partial charge < -0.3 is 90.8 Å². The number of phenols is 1. The molecule has 0 aromatic heterocycles. The van der Waals surface area contributed by atoms with Crippen molar-refractivity contribution in [2.75, 3.05) is 0 Å². The van der Waals surface area contributed by atoms with Crippen molar-refractivity contribution < 1.29 is 92.3 Å². The molecular formula is C47H71N13O19. The molecule has 1 aromatic rings. The first-order valence-corrected chi connectivity index (χ1v) is 24.4. The molecule has 12 amide bonds. The smallest absolute Gasteiger partial charge is 0.325 e. The molecule has 0 bridgehead atoms. The number of amides is 12. The molecule has 20 N–H and O–H groups in total. The second-order valence-electron chi connectivity index (χ2n) is 18.8. The van der Waals surface area contributed by atoms with Crippen molar-refractivity contribution in [3.05, 3.63) is 29.8 Å². The van der Waals surface area contributed by atoms with Crippen molar-refractivity contribution in [3.8, 4) is 5.75 Å². The molecule has 0 heterocycles. The quantitative estimate of drug-likeness (QED) is 0.0305. The van der Waals surface area contributed by atoms with Crippen molar-refractivity contribution >= 4 is 88.8 Å². The van der Waals surface area contributed by atoms with Crippen molar-refractivity contribution in [2.45, 2.75) is 160 Å². The molecule has 0 saturated heterocycles. The SMILES string of the molecule is CC(C)C[C@H](NC(=O)[C@H](C)NC(=O)[C@H](Cc1ccc(O)cc1)NC(=O)[C@H](CC(N)=O)NC(=O)[C@H](CCC(=O)O)NC(=O)[C@H](CC(=O)O)NC(=O)[C@H](CC(N)=O)NC(=O)[C@H](C)NC(=O)[C@H](C)N)C(=O)N[C@@H](C)C(=O)N[C@@H](C)C(=O)O. The molecule has 79 heavy (non-hydrogen) atoms. The number of benzene rings is 1. The van der Waals surface area contributed by atoms with Gasteiger partial charge in [0.05, 0.1) is 25.3 Å². The molecule has 32 nitrogen and oxygen atoms in total. The fraction of sp³-hybridized carbons (Fsp3) is 0.553. The van der Waals surface area contributed by atoms with Gasteiger partial charge in [-0.05, 0) is 71.1 Å². The summed E-state index contributed by atoms with van der Waals surface area (Å²) in [6.07, 6.45) is -5.21. The van der Waals surface area contributed by atoms with Crippen LogP contribution in [0.3, 0.4) is 0 Å². The second-order valence-corrected chi connectivity index (χ2v) is 18.8. The predicted octanol–water partition coefficient (Wildman–Crippen LogP) is -6.57. The van der Waals surface area contributed by atoms with Gasteiger partial charge in [0.25, 0.3) is 0 Å². The minimum atomic E-state index is -2.14. The van der Waals surface area contributed by atoms with Crippen molar-refractivity contribution in [2.24, 2.45) is 23.1 Å². The standard InChI is InChI=1S/C47H71N13O19/c1-19(2)14-28(42(73)52-21(4)38(69)54-24(7)47(78)79)56-40(71)23(6)53-43(74)29(15-25-8-10-26(61)11-9-25)58-45(76)31(17-34(50)63)59-41(72)27(12-13-35(64)65)55-46(77)32(18-36(66)67)60-44(75)30(16-33(49)62)57-39(70)22(5)51-37(68)20(3)48/h8-11,19-24,27-32,61H,12-18,48H2,1-7H3,(H2,49,62)(H2,50,63)(H,51,68)(H,52,73)(H,53,74)(H,54,69)(H,55,77)(H,56,71)(H,57,70)(H,58,76)(H,59,72)(H,60,75)(H,64,65)(H,66,67)(H,78,79)/t20-,21-,22-,23-,24-,27-,28-,29-,30-,31-,32-/m0/s1. The average molecular weight is 1120 g/mol. The Morgan fingerprint density at radius 3 is 1.16 bits per heavy atom. The molecule has 0 unspecified atom stereocenters. The highest BCUT2D eigenvalue weighted by atomic mass is 16.4. The molecule has 0 spiro atoms. The van der Waals surface area contributed by atoms with E-state index in [-0.39, 0.29) is 18.1 Å². The fourth-order valence-corrected chi connectivity index (χ4v) is 6.77. The van der Waals surface area contributed by atoms with Crippen molar-refractivity contribution in [3.63, 3.8) is 0 Å². The van der Waals surface area contributed by atoms with Crippen LogP contribution in [0.4, 0.5) is 0 Å². The summed E-state index contributed by atoms with van der Waals surface area (Å²) in [5.41, 5.74) is 16.4. The molecule has 438 valence electrons. The van der Waals surface area contributed by atoms with Crippen LogP contribution < -0.4 is 70.4 Å². The summed E-state index contributed by atoms with van der Waals surface area (Å²) in [5, 5.41) is 60.5. The van der Waals surface area contributed by atoms with Gasteiger partial charge >= 0.3 is 17.9 Å². The number of aliphatic carboxylic acids is 3. The lowest BCUT2D eigenvalue weighted by atomic mass is 10.0. The lowest BCUT2D eigenvalue weighted by Gasteiger charge is -2.27. The predicted molar refractivity (Wildman–Crippen MR) is 271 cm³/mol. The summed E-state index contributed by atoms with van der Waals surface area (Å²) in [4.78, 5) is 192. The first kappa shape index (κ1) is 68.0. The van der Waals surface area contributed by atoms with E-state index in [1.165, 1.54) is 58.9 Å². The molecule has 0 fully saturated rings. The molecular weight excluding hydrogens is 1050 g/mol. The van der Waals surface area contributed by atoms with Crippen LogP contribution >= 0.6 is 0 Å². The van der Waals surface area contributed by atoms with E-state index in [0.717, 1.165) is 0 Å². The number of carboxylic acids is 3. The third kappa shape index (κ3) is 25.6. The van der Waals surface area contributed by atoms with E-state index < -0.39 is 194 Å². The monoisotopic (exact) mass is 1120 g/mol. The van der Waals surface area contributed by atoms with Crippen molar-refractivity contribution in [1.82, 2.24) is 53.2 Å². The highest BCUT2D eigenvalue weighted by Gasteiger charge is 2.36. The van der Waals surface area contributed by atoms with E-state index in [4.69, 9.17) is 22.3 Å². The Balaban J connectivity index is 3.52. The lowest BCUT2D eigenvalue weighted by Crippen LogP contribution is -2.61. The van der Waals surface area contributed by atoms with Gasteiger partial charge in [-0.15, -0.1) is 0 Å². The Morgan fingerprint density at radius 2 is 0.759 bits per heavy atom. The Morgan fingerprint density at radius 1 is 0.418 bits per heavy atom. The molecule has 0 saturated carbocycles. The lowest BCUT2D eigenvalue weighted by molar-refractivity contribution is -0.142. The first-order chi connectivity index (χ1) is 36.6. The zero-order chi connectivity index (χ0) is 60.6.